The highest BCUT2D eigenvalue weighted by Gasteiger charge is 2.24. The maximum absolute atomic E-state index is 12.5. The summed E-state index contributed by atoms with van der Waals surface area (Å²) in [7, 11) is 0. The zero-order chi connectivity index (χ0) is 17.4. The van der Waals surface area contributed by atoms with Crippen LogP contribution in [-0.2, 0) is 4.79 Å². The van der Waals surface area contributed by atoms with Gasteiger partial charge in [0.2, 0.25) is 5.91 Å². The molecule has 1 aliphatic heterocycles. The highest BCUT2D eigenvalue weighted by atomic mass is 35.5. The molecule has 0 radical (unpaired) electrons. The molecule has 1 aliphatic rings. The van der Waals surface area contributed by atoms with Crippen molar-refractivity contribution in [1.82, 2.24) is 10.2 Å². The lowest BCUT2D eigenvalue weighted by molar-refractivity contribution is -0.385. The maximum atomic E-state index is 12.5. The third kappa shape index (κ3) is 6.17. The number of benzene rings is 1. The van der Waals surface area contributed by atoms with Gasteiger partial charge in [-0.3, -0.25) is 14.9 Å². The summed E-state index contributed by atoms with van der Waals surface area (Å²) in [5, 5.41) is 14.3. The zero-order valence-corrected chi connectivity index (χ0v) is 15.3. The molecule has 1 aromatic rings. The molecule has 1 amide bonds. The summed E-state index contributed by atoms with van der Waals surface area (Å²) >= 11 is 0. The Hall–Kier alpha value is -1.86. The van der Waals surface area contributed by atoms with Crippen LogP contribution < -0.4 is 10.1 Å². The molecule has 0 unspecified atom stereocenters. The van der Waals surface area contributed by atoms with Crippen molar-refractivity contribution in [1.29, 1.82) is 0 Å². The van der Waals surface area contributed by atoms with Gasteiger partial charge in [0.15, 0.2) is 5.75 Å². The van der Waals surface area contributed by atoms with E-state index in [9.17, 15) is 14.9 Å². The largest absolute Gasteiger partial charge is 0.486 e. The van der Waals surface area contributed by atoms with Crippen LogP contribution in [0.15, 0.2) is 24.3 Å². The van der Waals surface area contributed by atoms with Crippen molar-refractivity contribution in [2.45, 2.75) is 38.6 Å². The van der Waals surface area contributed by atoms with E-state index in [2.05, 4.69) is 12.2 Å². The van der Waals surface area contributed by atoms with Gasteiger partial charge in [-0.15, -0.1) is 12.4 Å². The van der Waals surface area contributed by atoms with Gasteiger partial charge in [0.25, 0.3) is 0 Å². The van der Waals surface area contributed by atoms with Crippen LogP contribution in [0.2, 0.25) is 0 Å². The van der Waals surface area contributed by atoms with E-state index in [-0.39, 0.29) is 48.8 Å². The molecular formula is C17H26ClN3O4. The molecule has 2 rings (SSSR count). The van der Waals surface area contributed by atoms with Gasteiger partial charge in [-0.1, -0.05) is 19.1 Å². The van der Waals surface area contributed by atoms with Crippen LogP contribution in [0.4, 0.5) is 5.69 Å². The quantitative estimate of drug-likeness (QED) is 0.561. The van der Waals surface area contributed by atoms with E-state index in [1.807, 2.05) is 4.90 Å². The molecule has 1 heterocycles. The second kappa shape index (κ2) is 10.9. The Kier molecular flexibility index (Phi) is 9.23. The first kappa shape index (κ1) is 21.2. The van der Waals surface area contributed by atoms with Crippen molar-refractivity contribution < 1.29 is 14.5 Å². The number of nitrogens with zero attached hydrogens (tertiary/aromatic N) is 2. The molecule has 1 aromatic carbocycles. The average Bonchev–Trinajstić information content (AvgIpc) is 2.60. The summed E-state index contributed by atoms with van der Waals surface area (Å²) in [5.41, 5.74) is -0.0753. The number of carbonyl (C=O) groups is 1. The van der Waals surface area contributed by atoms with Gasteiger partial charge in [-0.05, 0) is 38.4 Å². The Morgan fingerprint density at radius 2 is 2.04 bits per heavy atom. The first-order valence-electron chi connectivity index (χ1n) is 8.50. The summed E-state index contributed by atoms with van der Waals surface area (Å²) in [4.78, 5) is 25.0. The average molecular weight is 372 g/mol. The number of rotatable bonds is 8. The summed E-state index contributed by atoms with van der Waals surface area (Å²) in [6, 6.07) is 6.51. The highest BCUT2D eigenvalue weighted by molar-refractivity contribution is 5.85. The Balaban J connectivity index is 0.00000312. The fraction of sp³-hybridized carbons (Fsp3) is 0.588. The lowest BCUT2D eigenvalue weighted by atomic mass is 10.0. The lowest BCUT2D eigenvalue weighted by Crippen LogP contribution is -2.46. The van der Waals surface area contributed by atoms with E-state index in [0.29, 0.717) is 0 Å². The summed E-state index contributed by atoms with van der Waals surface area (Å²) in [6.07, 6.45) is 3.09. The van der Waals surface area contributed by atoms with Gasteiger partial charge < -0.3 is 15.0 Å². The number of nitrogens with one attached hydrogen (secondary N) is 1. The van der Waals surface area contributed by atoms with Gasteiger partial charge in [0, 0.05) is 18.7 Å². The van der Waals surface area contributed by atoms with Gasteiger partial charge >= 0.3 is 5.69 Å². The minimum Gasteiger partial charge on any atom is -0.486 e. The van der Waals surface area contributed by atoms with Gasteiger partial charge in [-0.25, -0.2) is 0 Å². The van der Waals surface area contributed by atoms with E-state index >= 15 is 0 Å². The minimum absolute atomic E-state index is 0. The first-order valence-corrected chi connectivity index (χ1v) is 8.50. The van der Waals surface area contributed by atoms with Crippen molar-refractivity contribution in [3.05, 3.63) is 34.4 Å². The van der Waals surface area contributed by atoms with Crippen LogP contribution in [-0.4, -0.2) is 48.0 Å². The number of ether oxygens (including phenoxy) is 1. The maximum Gasteiger partial charge on any atom is 0.310 e. The molecule has 8 heteroatoms. The van der Waals surface area contributed by atoms with Gasteiger partial charge in [-0.2, -0.15) is 0 Å². The summed E-state index contributed by atoms with van der Waals surface area (Å²) in [5.74, 6) is 0.265. The van der Waals surface area contributed by atoms with Crippen LogP contribution in [0, 0.1) is 10.1 Å². The summed E-state index contributed by atoms with van der Waals surface area (Å²) < 4.78 is 5.48. The monoisotopic (exact) mass is 371 g/mol. The lowest BCUT2D eigenvalue weighted by Gasteiger charge is -2.34. The highest BCUT2D eigenvalue weighted by Crippen LogP contribution is 2.26. The van der Waals surface area contributed by atoms with E-state index in [0.717, 1.165) is 38.9 Å². The fourth-order valence-corrected chi connectivity index (χ4v) is 2.99. The van der Waals surface area contributed by atoms with Crippen LogP contribution in [0.1, 0.15) is 32.6 Å². The molecule has 140 valence electrons. The predicted octanol–water partition coefficient (Wildman–Crippen LogP) is 2.78. The predicted molar refractivity (Wildman–Crippen MR) is 98.4 cm³/mol. The van der Waals surface area contributed by atoms with Crippen LogP contribution in [0.3, 0.4) is 0 Å². The van der Waals surface area contributed by atoms with E-state index in [1.165, 1.54) is 6.07 Å². The van der Waals surface area contributed by atoms with Gasteiger partial charge in [0.05, 0.1) is 18.0 Å². The first-order chi connectivity index (χ1) is 11.6. The molecule has 25 heavy (non-hydrogen) atoms. The number of nitro benzene ring substituents is 1. The Labute approximate surface area is 154 Å². The van der Waals surface area contributed by atoms with Crippen LogP contribution in [0.5, 0.6) is 5.75 Å². The van der Waals surface area contributed by atoms with E-state index < -0.39 is 4.92 Å². The molecule has 7 nitrogen and oxygen atoms in total. The fourth-order valence-electron chi connectivity index (χ4n) is 2.99. The molecule has 1 fully saturated rings. The smallest absolute Gasteiger partial charge is 0.310 e. The molecular weight excluding hydrogens is 346 g/mol. The van der Waals surface area contributed by atoms with Crippen LogP contribution in [0.25, 0.3) is 0 Å². The number of amides is 1. The number of halogens is 1. The molecule has 0 aliphatic carbocycles. The Bertz CT molecular complexity index is 565. The number of piperidine rings is 1. The molecule has 0 bridgehead atoms. The van der Waals surface area contributed by atoms with Crippen molar-refractivity contribution in [2.75, 3.05) is 26.2 Å². The topological polar surface area (TPSA) is 84.7 Å². The molecule has 1 N–H and O–H groups in total. The molecule has 0 saturated carbocycles. The molecule has 0 aromatic heterocycles. The number of hydrogen-bond donors (Lipinski definition) is 1. The van der Waals surface area contributed by atoms with Crippen molar-refractivity contribution >= 4 is 24.0 Å². The Morgan fingerprint density at radius 1 is 1.36 bits per heavy atom. The second-order valence-electron chi connectivity index (χ2n) is 5.89. The normalized spacial score (nSPS) is 14.4. The van der Waals surface area contributed by atoms with Crippen molar-refractivity contribution in [2.24, 2.45) is 0 Å². The standard InChI is InChI=1S/C17H25N3O4.ClH/c1-2-12-19(14-7-10-18-11-8-14)17(21)9-13-24-16-6-4-3-5-15(16)20(22)23;/h3-6,14,18H,2,7-13H2,1H3;1H. The van der Waals surface area contributed by atoms with Crippen molar-refractivity contribution in [3.8, 4) is 5.75 Å². The third-order valence-corrected chi connectivity index (χ3v) is 4.17. The number of hydrogen-bond acceptors (Lipinski definition) is 5. The Morgan fingerprint density at radius 3 is 2.68 bits per heavy atom. The number of para-hydroxylation sites is 2. The van der Waals surface area contributed by atoms with Crippen LogP contribution >= 0.6 is 12.4 Å². The van der Waals surface area contributed by atoms with E-state index in [1.54, 1.807) is 18.2 Å². The zero-order valence-electron chi connectivity index (χ0n) is 14.5. The third-order valence-electron chi connectivity index (χ3n) is 4.17. The SMILES string of the molecule is CCCN(C(=O)CCOc1ccccc1[N+](=O)[O-])C1CCNCC1.Cl. The number of nitro groups is 1. The summed E-state index contributed by atoms with van der Waals surface area (Å²) in [6.45, 7) is 4.82. The molecule has 1 saturated heterocycles. The van der Waals surface area contributed by atoms with Crippen molar-refractivity contribution in [3.63, 3.8) is 0 Å². The van der Waals surface area contributed by atoms with E-state index in [4.69, 9.17) is 4.74 Å². The molecule has 0 atom stereocenters. The minimum atomic E-state index is -0.477. The molecule has 0 spiro atoms. The van der Waals surface area contributed by atoms with Gasteiger partial charge in [0.1, 0.15) is 0 Å². The number of carbonyl (C=O) groups excluding carboxylic acids is 1. The second-order valence-corrected chi connectivity index (χ2v) is 5.89.